The van der Waals surface area contributed by atoms with Crippen molar-refractivity contribution in [3.8, 4) is 0 Å². The van der Waals surface area contributed by atoms with E-state index in [1.807, 2.05) is 38.1 Å². The van der Waals surface area contributed by atoms with Crippen LogP contribution in [0.15, 0.2) is 29.2 Å². The van der Waals surface area contributed by atoms with Crippen LogP contribution >= 0.6 is 0 Å². The normalized spacial score (nSPS) is 40.7. The average Bonchev–Trinajstić information content (AvgIpc) is 2.87. The molecule has 2 heterocycles. The molecule has 0 N–H and O–H groups in total. The highest BCUT2D eigenvalue weighted by molar-refractivity contribution is 7.89. The third kappa shape index (κ3) is 2.05. The number of hydrogen-bond acceptors (Lipinski definition) is 4. The maximum atomic E-state index is 13.1. The van der Waals surface area contributed by atoms with Gasteiger partial charge in [0, 0.05) is 25.6 Å². The highest BCUT2D eigenvalue weighted by atomic mass is 32.2. The van der Waals surface area contributed by atoms with Gasteiger partial charge in [-0.05, 0) is 38.3 Å². The lowest BCUT2D eigenvalue weighted by Gasteiger charge is -2.27. The Morgan fingerprint density at radius 3 is 2.39 bits per heavy atom. The number of sulfonamides is 1. The standard InChI is InChI=1S/C17H24N2O3S/c1-11-5-7-14(8-6-11)23(20,21)19-10-15-16(13(19)3)18(4)22-17(15)9-12(17)2/h5-8,12-13,15-16H,9-10H2,1-4H3/t12-,13+,15-,16+,17+/m1/s1. The van der Waals surface area contributed by atoms with Crippen LogP contribution in [0.25, 0.3) is 0 Å². The molecule has 0 unspecified atom stereocenters. The first-order valence-corrected chi connectivity index (χ1v) is 9.72. The van der Waals surface area contributed by atoms with E-state index in [1.54, 1.807) is 16.4 Å². The molecule has 1 aromatic rings. The van der Waals surface area contributed by atoms with Crippen molar-refractivity contribution in [1.29, 1.82) is 0 Å². The van der Waals surface area contributed by atoms with E-state index in [1.165, 1.54) is 0 Å². The second-order valence-electron chi connectivity index (χ2n) is 7.42. The predicted octanol–water partition coefficient (Wildman–Crippen LogP) is 2.03. The quantitative estimate of drug-likeness (QED) is 0.829. The molecule has 3 fully saturated rings. The van der Waals surface area contributed by atoms with Crippen molar-refractivity contribution in [1.82, 2.24) is 9.37 Å². The van der Waals surface area contributed by atoms with Crippen LogP contribution in [0, 0.1) is 18.8 Å². The maximum Gasteiger partial charge on any atom is 0.243 e. The number of likely N-dealkylation sites (N-methyl/N-ethyl adjacent to an activating group) is 1. The molecule has 6 heteroatoms. The molecule has 0 bridgehead atoms. The zero-order valence-electron chi connectivity index (χ0n) is 14.1. The Morgan fingerprint density at radius 1 is 1.22 bits per heavy atom. The van der Waals surface area contributed by atoms with Gasteiger partial charge in [0.2, 0.25) is 10.0 Å². The minimum absolute atomic E-state index is 0.0801. The number of aryl methyl sites for hydroxylation is 1. The molecular weight excluding hydrogens is 312 g/mol. The van der Waals surface area contributed by atoms with E-state index in [-0.39, 0.29) is 23.6 Å². The first kappa shape index (κ1) is 15.6. The summed E-state index contributed by atoms with van der Waals surface area (Å²) in [6.45, 7) is 6.71. The molecular formula is C17H24N2O3S. The van der Waals surface area contributed by atoms with Crippen LogP contribution in [0.3, 0.4) is 0 Å². The third-order valence-corrected chi connectivity index (χ3v) is 7.99. The Kier molecular flexibility index (Phi) is 3.24. The highest BCUT2D eigenvalue weighted by Gasteiger charge is 2.70. The number of hydrogen-bond donors (Lipinski definition) is 0. The second-order valence-corrected chi connectivity index (χ2v) is 9.31. The molecule has 4 rings (SSSR count). The second kappa shape index (κ2) is 4.79. The van der Waals surface area contributed by atoms with Gasteiger partial charge in [0.1, 0.15) is 0 Å². The third-order valence-electron chi connectivity index (χ3n) is 6.03. The molecule has 2 saturated heterocycles. The van der Waals surface area contributed by atoms with E-state index < -0.39 is 10.0 Å². The molecule has 3 aliphatic rings. The van der Waals surface area contributed by atoms with Gasteiger partial charge >= 0.3 is 0 Å². The summed E-state index contributed by atoms with van der Waals surface area (Å²) in [5.41, 5.74) is 0.930. The number of nitrogens with zero attached hydrogens (tertiary/aromatic N) is 2. The Bertz CT molecular complexity index is 733. The lowest BCUT2D eigenvalue weighted by Crippen LogP contribution is -2.42. The van der Waals surface area contributed by atoms with Crippen molar-refractivity contribution in [3.05, 3.63) is 29.8 Å². The molecule has 5 atom stereocenters. The molecule has 23 heavy (non-hydrogen) atoms. The van der Waals surface area contributed by atoms with Gasteiger partial charge in [-0.25, -0.2) is 8.42 Å². The SMILES string of the molecule is Cc1ccc(S(=O)(=O)N2C[C@@H]3[C@H]([C@@H]2C)N(C)O[C@]32C[C@H]2C)cc1. The number of fused-ring (bicyclic) bond motifs is 2. The van der Waals surface area contributed by atoms with E-state index in [0.29, 0.717) is 17.4 Å². The first-order chi connectivity index (χ1) is 10.8. The smallest absolute Gasteiger partial charge is 0.243 e. The fraction of sp³-hybridized carbons (Fsp3) is 0.647. The first-order valence-electron chi connectivity index (χ1n) is 8.28. The van der Waals surface area contributed by atoms with Crippen LogP contribution < -0.4 is 0 Å². The van der Waals surface area contributed by atoms with Crippen molar-refractivity contribution < 1.29 is 13.3 Å². The molecule has 1 aromatic carbocycles. The highest BCUT2D eigenvalue weighted by Crippen LogP contribution is 2.60. The minimum atomic E-state index is -3.46. The van der Waals surface area contributed by atoms with E-state index in [4.69, 9.17) is 4.84 Å². The summed E-state index contributed by atoms with van der Waals surface area (Å²) in [6, 6.07) is 7.19. The van der Waals surface area contributed by atoms with Crippen LogP contribution in [-0.4, -0.2) is 49.1 Å². The van der Waals surface area contributed by atoms with Gasteiger partial charge in [-0.15, -0.1) is 0 Å². The molecule has 0 radical (unpaired) electrons. The molecule has 0 amide bonds. The Balaban J connectivity index is 1.67. The van der Waals surface area contributed by atoms with Crippen LogP contribution in [0.4, 0.5) is 0 Å². The van der Waals surface area contributed by atoms with Crippen LogP contribution in [0.2, 0.25) is 0 Å². The topological polar surface area (TPSA) is 49.9 Å². The van der Waals surface area contributed by atoms with Gasteiger partial charge in [0.15, 0.2) is 0 Å². The fourth-order valence-corrected chi connectivity index (χ4v) is 6.27. The number of hydroxylamine groups is 2. The zero-order valence-corrected chi connectivity index (χ0v) is 14.9. The predicted molar refractivity (Wildman–Crippen MR) is 87.2 cm³/mol. The van der Waals surface area contributed by atoms with Crippen LogP contribution in [-0.2, 0) is 14.9 Å². The largest absolute Gasteiger partial charge is 0.292 e. The molecule has 2 aliphatic heterocycles. The molecule has 1 spiro atoms. The monoisotopic (exact) mass is 336 g/mol. The fourth-order valence-electron chi connectivity index (χ4n) is 4.60. The van der Waals surface area contributed by atoms with Gasteiger partial charge in [-0.1, -0.05) is 24.6 Å². The lowest BCUT2D eigenvalue weighted by molar-refractivity contribution is -0.166. The Morgan fingerprint density at radius 2 is 1.83 bits per heavy atom. The molecule has 5 nitrogen and oxygen atoms in total. The summed E-state index contributed by atoms with van der Waals surface area (Å²) >= 11 is 0. The van der Waals surface area contributed by atoms with Gasteiger partial charge in [0.25, 0.3) is 0 Å². The van der Waals surface area contributed by atoms with Crippen molar-refractivity contribution in [2.75, 3.05) is 13.6 Å². The summed E-state index contributed by atoms with van der Waals surface area (Å²) in [4.78, 5) is 6.49. The summed E-state index contributed by atoms with van der Waals surface area (Å²) < 4.78 is 27.8. The molecule has 1 saturated carbocycles. The zero-order chi connectivity index (χ0) is 16.6. The van der Waals surface area contributed by atoms with Crippen molar-refractivity contribution in [2.45, 2.75) is 49.8 Å². The summed E-state index contributed by atoms with van der Waals surface area (Å²) in [7, 11) is -1.52. The maximum absolute atomic E-state index is 13.1. The summed E-state index contributed by atoms with van der Waals surface area (Å²) in [5.74, 6) is 0.770. The Labute approximate surface area is 138 Å². The van der Waals surface area contributed by atoms with Gasteiger partial charge < -0.3 is 0 Å². The van der Waals surface area contributed by atoms with E-state index in [9.17, 15) is 8.42 Å². The van der Waals surface area contributed by atoms with Gasteiger partial charge in [-0.2, -0.15) is 9.37 Å². The molecule has 0 aromatic heterocycles. The van der Waals surface area contributed by atoms with E-state index in [2.05, 4.69) is 6.92 Å². The van der Waals surface area contributed by atoms with E-state index in [0.717, 1.165) is 12.0 Å². The number of benzene rings is 1. The Hall–Kier alpha value is -0.950. The summed E-state index contributed by atoms with van der Waals surface area (Å²) in [6.07, 6.45) is 1.03. The van der Waals surface area contributed by atoms with Crippen molar-refractivity contribution in [3.63, 3.8) is 0 Å². The lowest BCUT2D eigenvalue weighted by atomic mass is 9.92. The minimum Gasteiger partial charge on any atom is -0.292 e. The summed E-state index contributed by atoms with van der Waals surface area (Å²) in [5, 5.41) is 1.91. The van der Waals surface area contributed by atoms with Crippen molar-refractivity contribution in [2.24, 2.45) is 11.8 Å². The molecule has 1 aliphatic carbocycles. The van der Waals surface area contributed by atoms with Crippen LogP contribution in [0.1, 0.15) is 25.8 Å². The number of rotatable bonds is 2. The molecule has 126 valence electrons. The van der Waals surface area contributed by atoms with Gasteiger partial charge in [0.05, 0.1) is 16.5 Å². The van der Waals surface area contributed by atoms with E-state index >= 15 is 0 Å². The van der Waals surface area contributed by atoms with Crippen molar-refractivity contribution >= 4 is 10.0 Å². The average molecular weight is 336 g/mol. The van der Waals surface area contributed by atoms with Crippen LogP contribution in [0.5, 0.6) is 0 Å². The van der Waals surface area contributed by atoms with Gasteiger partial charge in [-0.3, -0.25) is 4.84 Å².